The van der Waals surface area contributed by atoms with Gasteiger partial charge in [0.15, 0.2) is 0 Å². The first-order chi connectivity index (χ1) is 15.2. The molecule has 3 saturated heterocycles. The maximum Gasteiger partial charge on any atom is 0.410 e. The van der Waals surface area contributed by atoms with E-state index in [2.05, 4.69) is 15.1 Å². The lowest BCUT2D eigenvalue weighted by Gasteiger charge is -2.39. The summed E-state index contributed by atoms with van der Waals surface area (Å²) in [5, 5.41) is 3.40. The first-order valence-electron chi connectivity index (χ1n) is 11.8. The second-order valence-electron chi connectivity index (χ2n) is 9.22. The maximum absolute atomic E-state index is 12.7. The Labute approximate surface area is 185 Å². The van der Waals surface area contributed by atoms with Crippen molar-refractivity contribution >= 4 is 12.0 Å². The van der Waals surface area contributed by atoms with Crippen molar-refractivity contribution in [2.24, 2.45) is 11.8 Å². The highest BCUT2D eigenvalue weighted by atomic mass is 16.6. The zero-order valence-corrected chi connectivity index (χ0v) is 18.5. The number of nitrogens with zero attached hydrogens (tertiary/aromatic N) is 3. The van der Waals surface area contributed by atoms with Gasteiger partial charge in [-0.1, -0.05) is 30.3 Å². The van der Waals surface area contributed by atoms with Crippen LogP contribution in [0.3, 0.4) is 0 Å². The molecule has 0 aromatic heterocycles. The number of carbonyl (C=O) groups is 2. The van der Waals surface area contributed by atoms with Crippen LogP contribution in [0, 0.1) is 11.8 Å². The lowest BCUT2D eigenvalue weighted by molar-refractivity contribution is -0.136. The number of piperazine rings is 1. The minimum Gasteiger partial charge on any atom is -0.445 e. The van der Waals surface area contributed by atoms with Crippen molar-refractivity contribution in [1.82, 2.24) is 20.0 Å². The number of nitrogens with one attached hydrogen (secondary N) is 1. The van der Waals surface area contributed by atoms with Crippen LogP contribution in [0.25, 0.3) is 0 Å². The van der Waals surface area contributed by atoms with E-state index in [4.69, 9.17) is 4.74 Å². The van der Waals surface area contributed by atoms with E-state index in [0.717, 1.165) is 57.8 Å². The van der Waals surface area contributed by atoms with Gasteiger partial charge >= 0.3 is 6.09 Å². The topological polar surface area (TPSA) is 65.1 Å². The van der Waals surface area contributed by atoms with Crippen molar-refractivity contribution < 1.29 is 14.3 Å². The van der Waals surface area contributed by atoms with Crippen LogP contribution in [0.4, 0.5) is 4.79 Å². The van der Waals surface area contributed by atoms with Gasteiger partial charge in [-0.05, 0) is 49.8 Å². The highest BCUT2D eigenvalue weighted by molar-refractivity contribution is 5.77. The number of hydrogen-bond acceptors (Lipinski definition) is 5. The third-order valence-corrected chi connectivity index (χ3v) is 6.91. The summed E-state index contributed by atoms with van der Waals surface area (Å²) in [6.07, 6.45) is 3.90. The molecule has 7 nitrogen and oxygen atoms in total. The summed E-state index contributed by atoms with van der Waals surface area (Å²) < 4.78 is 5.46. The van der Waals surface area contributed by atoms with Gasteiger partial charge in [-0.2, -0.15) is 0 Å². The van der Waals surface area contributed by atoms with Gasteiger partial charge in [-0.3, -0.25) is 9.69 Å². The number of piperidine rings is 2. The summed E-state index contributed by atoms with van der Waals surface area (Å²) in [4.78, 5) is 31.3. The highest BCUT2D eigenvalue weighted by Crippen LogP contribution is 2.23. The van der Waals surface area contributed by atoms with Crippen molar-refractivity contribution in [3.8, 4) is 0 Å². The third-order valence-electron chi connectivity index (χ3n) is 6.91. The molecule has 0 saturated carbocycles. The zero-order valence-electron chi connectivity index (χ0n) is 18.5. The molecule has 1 aromatic carbocycles. The summed E-state index contributed by atoms with van der Waals surface area (Å²) in [5.74, 6) is 1.43. The lowest BCUT2D eigenvalue weighted by Crippen LogP contribution is -2.51. The van der Waals surface area contributed by atoms with Crippen LogP contribution in [0.5, 0.6) is 0 Å². The van der Waals surface area contributed by atoms with E-state index >= 15 is 0 Å². The van der Waals surface area contributed by atoms with Crippen molar-refractivity contribution in [1.29, 1.82) is 0 Å². The minimum absolute atomic E-state index is 0.232. The summed E-state index contributed by atoms with van der Waals surface area (Å²) in [7, 11) is 0. The van der Waals surface area contributed by atoms with Crippen LogP contribution < -0.4 is 5.32 Å². The molecule has 31 heavy (non-hydrogen) atoms. The maximum atomic E-state index is 12.7. The molecule has 7 heteroatoms. The highest BCUT2D eigenvalue weighted by Gasteiger charge is 2.30. The first kappa shape index (κ1) is 22.1. The predicted molar refractivity (Wildman–Crippen MR) is 120 cm³/mol. The molecule has 1 N–H and O–H groups in total. The summed E-state index contributed by atoms with van der Waals surface area (Å²) in [6.45, 7) is 8.37. The molecule has 4 rings (SSSR count). The molecule has 2 amide bonds. The van der Waals surface area contributed by atoms with Crippen molar-refractivity contribution in [3.05, 3.63) is 35.9 Å². The quantitative estimate of drug-likeness (QED) is 0.752. The molecule has 0 spiro atoms. The number of amides is 2. The molecule has 170 valence electrons. The zero-order chi connectivity index (χ0) is 21.5. The Hall–Kier alpha value is -2.12. The van der Waals surface area contributed by atoms with E-state index in [0.29, 0.717) is 43.9 Å². The van der Waals surface area contributed by atoms with Crippen LogP contribution in [-0.2, 0) is 16.1 Å². The van der Waals surface area contributed by atoms with Gasteiger partial charge in [0.2, 0.25) is 5.91 Å². The van der Waals surface area contributed by atoms with Gasteiger partial charge in [0.1, 0.15) is 6.61 Å². The van der Waals surface area contributed by atoms with Gasteiger partial charge in [0.25, 0.3) is 0 Å². The molecule has 0 bridgehead atoms. The van der Waals surface area contributed by atoms with Crippen LogP contribution in [0.15, 0.2) is 30.3 Å². The van der Waals surface area contributed by atoms with E-state index in [-0.39, 0.29) is 6.09 Å². The molecular formula is C24H36N4O3. The second kappa shape index (κ2) is 11.0. The Kier molecular flexibility index (Phi) is 7.81. The summed E-state index contributed by atoms with van der Waals surface area (Å²) in [5.41, 5.74) is 1.01. The van der Waals surface area contributed by atoms with Crippen LogP contribution >= 0.6 is 0 Å². The van der Waals surface area contributed by atoms with E-state index in [1.54, 1.807) is 4.90 Å². The largest absolute Gasteiger partial charge is 0.445 e. The van der Waals surface area contributed by atoms with Gasteiger partial charge in [0.05, 0.1) is 0 Å². The van der Waals surface area contributed by atoms with E-state index < -0.39 is 0 Å². The number of benzene rings is 1. The van der Waals surface area contributed by atoms with Gasteiger partial charge in [0, 0.05) is 52.2 Å². The Morgan fingerprint density at radius 3 is 2.39 bits per heavy atom. The number of carbonyl (C=O) groups excluding carboxylic acids is 2. The minimum atomic E-state index is -0.232. The Bertz CT molecular complexity index is 715. The fraction of sp³-hybridized carbons (Fsp3) is 0.667. The van der Waals surface area contributed by atoms with E-state index in [9.17, 15) is 9.59 Å². The predicted octanol–water partition coefficient (Wildman–Crippen LogP) is 2.18. The Morgan fingerprint density at radius 2 is 1.68 bits per heavy atom. The number of rotatable bonds is 6. The fourth-order valence-corrected chi connectivity index (χ4v) is 4.95. The number of ether oxygens (including phenoxy) is 1. The molecule has 3 heterocycles. The molecule has 0 aliphatic carbocycles. The molecule has 3 aliphatic rings. The van der Waals surface area contributed by atoms with Crippen molar-refractivity contribution in [3.63, 3.8) is 0 Å². The average molecular weight is 429 g/mol. The number of hydrogen-bond donors (Lipinski definition) is 1. The van der Waals surface area contributed by atoms with E-state index in [1.165, 1.54) is 12.8 Å². The standard InChI is InChI=1S/C24H36N4O3/c29-23-16-22(8-11-28(23)18-20-6-9-25-10-7-20)17-26-12-14-27(15-13-26)24(30)31-19-21-4-2-1-3-5-21/h1-5,20,22,25H,6-19H2/t22-/m1/s1. The molecule has 0 radical (unpaired) electrons. The smallest absolute Gasteiger partial charge is 0.410 e. The average Bonchev–Trinajstić information content (AvgIpc) is 2.81. The molecule has 3 fully saturated rings. The van der Waals surface area contributed by atoms with Crippen LogP contribution in [-0.4, -0.2) is 85.6 Å². The number of likely N-dealkylation sites (tertiary alicyclic amines) is 1. The van der Waals surface area contributed by atoms with Crippen molar-refractivity contribution in [2.45, 2.75) is 32.3 Å². The summed E-state index contributed by atoms with van der Waals surface area (Å²) in [6, 6.07) is 9.78. The SMILES string of the molecule is O=C1C[C@H](CN2CCN(C(=O)OCc3ccccc3)CC2)CCN1CC1CCNCC1. The Balaban J connectivity index is 1.14. The van der Waals surface area contributed by atoms with Gasteiger partial charge in [-0.25, -0.2) is 4.79 Å². The molecule has 0 unspecified atom stereocenters. The third kappa shape index (κ3) is 6.43. The molecule has 1 atom stereocenters. The molecular weight excluding hydrogens is 392 g/mol. The first-order valence-corrected chi connectivity index (χ1v) is 11.8. The molecule has 1 aromatic rings. The Morgan fingerprint density at radius 1 is 0.935 bits per heavy atom. The van der Waals surface area contributed by atoms with Gasteiger partial charge in [-0.15, -0.1) is 0 Å². The normalized spacial score (nSPS) is 23.7. The second-order valence-corrected chi connectivity index (χ2v) is 9.22. The van der Waals surface area contributed by atoms with Crippen molar-refractivity contribution in [2.75, 3.05) is 58.9 Å². The van der Waals surface area contributed by atoms with Crippen LogP contribution in [0.2, 0.25) is 0 Å². The fourth-order valence-electron chi connectivity index (χ4n) is 4.95. The summed E-state index contributed by atoms with van der Waals surface area (Å²) >= 11 is 0. The monoisotopic (exact) mass is 428 g/mol. The van der Waals surface area contributed by atoms with E-state index in [1.807, 2.05) is 30.3 Å². The van der Waals surface area contributed by atoms with Crippen LogP contribution in [0.1, 0.15) is 31.2 Å². The molecule has 3 aliphatic heterocycles. The van der Waals surface area contributed by atoms with Gasteiger partial charge < -0.3 is 19.9 Å². The lowest BCUT2D eigenvalue weighted by atomic mass is 9.92.